The molecule has 0 atom stereocenters. The van der Waals surface area contributed by atoms with E-state index in [0.29, 0.717) is 5.69 Å². The highest BCUT2D eigenvalue weighted by Gasteiger charge is 2.13. The Morgan fingerprint density at radius 3 is 2.58 bits per heavy atom. The minimum absolute atomic E-state index is 0.0853. The summed E-state index contributed by atoms with van der Waals surface area (Å²) >= 11 is 0. The molecule has 0 radical (unpaired) electrons. The molecule has 2 aromatic carbocycles. The van der Waals surface area contributed by atoms with Crippen molar-refractivity contribution in [1.82, 2.24) is 0 Å². The van der Waals surface area contributed by atoms with Crippen LogP contribution in [0, 0.1) is 11.6 Å². The average molecular weight is 264 g/mol. The third-order valence-electron chi connectivity index (χ3n) is 2.49. The number of benzene rings is 2. The van der Waals surface area contributed by atoms with Crippen LogP contribution in [-0.4, -0.2) is 11.1 Å². The maximum atomic E-state index is 13.5. The molecule has 0 saturated carbocycles. The van der Waals surface area contributed by atoms with Crippen LogP contribution < -0.4 is 11.1 Å². The maximum Gasteiger partial charge on any atom is 0.337 e. The Morgan fingerprint density at radius 2 is 1.89 bits per heavy atom. The molecule has 4 N–H and O–H groups in total. The summed E-state index contributed by atoms with van der Waals surface area (Å²) in [5.74, 6) is -3.30. The number of nitrogens with one attached hydrogen (secondary N) is 1. The highest BCUT2D eigenvalue weighted by Crippen LogP contribution is 2.26. The lowest BCUT2D eigenvalue weighted by Gasteiger charge is -2.11. The van der Waals surface area contributed by atoms with E-state index in [9.17, 15) is 13.6 Å². The second-order valence-corrected chi connectivity index (χ2v) is 3.84. The first-order valence-corrected chi connectivity index (χ1v) is 5.33. The van der Waals surface area contributed by atoms with Gasteiger partial charge in [-0.3, -0.25) is 0 Å². The van der Waals surface area contributed by atoms with Crippen molar-refractivity contribution < 1.29 is 18.7 Å². The van der Waals surface area contributed by atoms with Crippen LogP contribution in [0.3, 0.4) is 0 Å². The van der Waals surface area contributed by atoms with E-state index >= 15 is 0 Å². The van der Waals surface area contributed by atoms with E-state index in [2.05, 4.69) is 5.32 Å². The zero-order chi connectivity index (χ0) is 14.0. The van der Waals surface area contributed by atoms with E-state index in [1.54, 1.807) is 0 Å². The topological polar surface area (TPSA) is 75.4 Å². The Labute approximate surface area is 107 Å². The molecular weight excluding hydrogens is 254 g/mol. The Morgan fingerprint density at radius 1 is 1.16 bits per heavy atom. The monoisotopic (exact) mass is 264 g/mol. The van der Waals surface area contributed by atoms with Crippen molar-refractivity contribution in [3.8, 4) is 0 Å². The molecule has 0 unspecified atom stereocenters. The maximum absolute atomic E-state index is 13.5. The number of anilines is 3. The number of hydrogen-bond donors (Lipinski definition) is 3. The second kappa shape index (κ2) is 4.93. The second-order valence-electron chi connectivity index (χ2n) is 3.84. The fourth-order valence-electron chi connectivity index (χ4n) is 1.60. The summed E-state index contributed by atoms with van der Waals surface area (Å²) in [4.78, 5) is 11.0. The van der Waals surface area contributed by atoms with Crippen molar-refractivity contribution in [2.75, 3.05) is 11.1 Å². The van der Waals surface area contributed by atoms with Crippen LogP contribution in [0.2, 0.25) is 0 Å². The van der Waals surface area contributed by atoms with Crippen LogP contribution in [-0.2, 0) is 0 Å². The number of aromatic carboxylic acids is 1. The van der Waals surface area contributed by atoms with Crippen molar-refractivity contribution in [1.29, 1.82) is 0 Å². The molecule has 0 aliphatic rings. The van der Waals surface area contributed by atoms with Gasteiger partial charge in [0.15, 0.2) is 11.6 Å². The molecule has 0 amide bonds. The molecule has 2 aromatic rings. The Kier molecular flexibility index (Phi) is 3.33. The number of nitrogens with two attached hydrogens (primary N) is 1. The molecule has 6 heteroatoms. The van der Waals surface area contributed by atoms with E-state index in [4.69, 9.17) is 10.8 Å². The quantitative estimate of drug-likeness (QED) is 0.745. The van der Waals surface area contributed by atoms with Crippen molar-refractivity contribution in [3.63, 3.8) is 0 Å². The van der Waals surface area contributed by atoms with Gasteiger partial charge in [0.25, 0.3) is 0 Å². The fourth-order valence-corrected chi connectivity index (χ4v) is 1.60. The Bertz CT molecular complexity index is 645. The molecule has 19 heavy (non-hydrogen) atoms. The first kappa shape index (κ1) is 12.8. The predicted molar refractivity (Wildman–Crippen MR) is 67.5 cm³/mol. The van der Waals surface area contributed by atoms with E-state index in [0.717, 1.165) is 6.07 Å². The fraction of sp³-hybridized carbons (Fsp3) is 0. The lowest BCUT2D eigenvalue weighted by atomic mass is 10.1. The van der Waals surface area contributed by atoms with Crippen LogP contribution in [0.4, 0.5) is 25.8 Å². The van der Waals surface area contributed by atoms with Gasteiger partial charge in [-0.05, 0) is 30.3 Å². The SMILES string of the molecule is Nc1ccc(C(=O)O)c(Nc2cccc(F)c2F)c1. The number of nitrogen functional groups attached to an aromatic ring is 1. The molecule has 0 fully saturated rings. The zero-order valence-corrected chi connectivity index (χ0v) is 9.65. The zero-order valence-electron chi connectivity index (χ0n) is 9.65. The molecule has 0 saturated heterocycles. The summed E-state index contributed by atoms with van der Waals surface area (Å²) < 4.78 is 26.6. The largest absolute Gasteiger partial charge is 0.478 e. The summed E-state index contributed by atoms with van der Waals surface area (Å²) in [6.45, 7) is 0. The van der Waals surface area contributed by atoms with Crippen LogP contribution in [0.1, 0.15) is 10.4 Å². The van der Waals surface area contributed by atoms with Gasteiger partial charge in [-0.15, -0.1) is 0 Å². The molecular formula is C13H10F2N2O2. The average Bonchev–Trinajstić information content (AvgIpc) is 2.35. The molecule has 0 aliphatic heterocycles. The third-order valence-corrected chi connectivity index (χ3v) is 2.49. The molecule has 0 spiro atoms. The minimum atomic E-state index is -1.20. The molecule has 4 nitrogen and oxygen atoms in total. The van der Waals surface area contributed by atoms with Gasteiger partial charge in [-0.1, -0.05) is 6.07 Å². The number of carboxylic acids is 1. The van der Waals surface area contributed by atoms with E-state index < -0.39 is 17.6 Å². The number of halogens is 2. The van der Waals surface area contributed by atoms with Gasteiger partial charge in [-0.25, -0.2) is 13.6 Å². The summed E-state index contributed by atoms with van der Waals surface area (Å²) in [5, 5.41) is 11.5. The lowest BCUT2D eigenvalue weighted by molar-refractivity contribution is 0.0698. The Hall–Kier alpha value is -2.63. The van der Waals surface area contributed by atoms with Crippen LogP contribution >= 0.6 is 0 Å². The molecule has 98 valence electrons. The van der Waals surface area contributed by atoms with Crippen molar-refractivity contribution >= 4 is 23.0 Å². The number of hydrogen-bond acceptors (Lipinski definition) is 3. The highest BCUT2D eigenvalue weighted by molar-refractivity contribution is 5.96. The number of rotatable bonds is 3. The van der Waals surface area contributed by atoms with Gasteiger partial charge in [0.2, 0.25) is 0 Å². The van der Waals surface area contributed by atoms with Crippen molar-refractivity contribution in [2.45, 2.75) is 0 Å². The summed E-state index contributed by atoms with van der Waals surface area (Å²) in [6, 6.07) is 7.63. The summed E-state index contributed by atoms with van der Waals surface area (Å²) in [6.07, 6.45) is 0. The first-order chi connectivity index (χ1) is 8.99. The number of carbonyl (C=O) groups is 1. The van der Waals surface area contributed by atoms with Gasteiger partial charge < -0.3 is 16.2 Å². The standard InChI is InChI=1S/C13H10F2N2O2/c14-9-2-1-3-10(12(9)15)17-11-6-7(16)4-5-8(11)13(18)19/h1-6,17H,16H2,(H,18,19). The summed E-state index contributed by atoms with van der Waals surface area (Å²) in [7, 11) is 0. The van der Waals surface area contributed by atoms with Gasteiger partial charge >= 0.3 is 5.97 Å². The molecule has 0 aliphatic carbocycles. The lowest BCUT2D eigenvalue weighted by Crippen LogP contribution is -2.05. The highest BCUT2D eigenvalue weighted by atomic mass is 19.2. The van der Waals surface area contributed by atoms with Crippen molar-refractivity contribution in [3.05, 3.63) is 53.6 Å². The number of carboxylic acid groups (broad SMARTS) is 1. The van der Waals surface area contributed by atoms with E-state index in [-0.39, 0.29) is 16.9 Å². The van der Waals surface area contributed by atoms with Gasteiger partial charge in [-0.2, -0.15) is 0 Å². The molecule has 0 bridgehead atoms. The Balaban J connectivity index is 2.45. The third kappa shape index (κ3) is 2.62. The summed E-state index contributed by atoms with van der Waals surface area (Å²) in [5.41, 5.74) is 5.71. The van der Waals surface area contributed by atoms with Crippen LogP contribution in [0.15, 0.2) is 36.4 Å². The van der Waals surface area contributed by atoms with Crippen molar-refractivity contribution in [2.24, 2.45) is 0 Å². The van der Waals surface area contributed by atoms with E-state index in [1.807, 2.05) is 0 Å². The molecule has 0 aromatic heterocycles. The molecule has 2 rings (SSSR count). The van der Waals surface area contributed by atoms with Crippen LogP contribution in [0.25, 0.3) is 0 Å². The van der Waals surface area contributed by atoms with Gasteiger partial charge in [0, 0.05) is 5.69 Å². The minimum Gasteiger partial charge on any atom is -0.478 e. The van der Waals surface area contributed by atoms with E-state index in [1.165, 1.54) is 30.3 Å². The van der Waals surface area contributed by atoms with Gasteiger partial charge in [0.05, 0.1) is 16.9 Å². The molecule has 0 heterocycles. The normalized spacial score (nSPS) is 10.2. The predicted octanol–water partition coefficient (Wildman–Crippen LogP) is 2.99. The first-order valence-electron chi connectivity index (χ1n) is 5.33. The van der Waals surface area contributed by atoms with Gasteiger partial charge in [0.1, 0.15) is 0 Å². The van der Waals surface area contributed by atoms with Crippen LogP contribution in [0.5, 0.6) is 0 Å². The smallest absolute Gasteiger partial charge is 0.337 e.